The summed E-state index contributed by atoms with van der Waals surface area (Å²) in [5.74, 6) is 0. The molecular weight excluding hydrogens is 328 g/mol. The Labute approximate surface area is 155 Å². The number of benzene rings is 2. The lowest BCUT2D eigenvalue weighted by molar-refractivity contribution is -0.104. The van der Waals surface area contributed by atoms with E-state index < -0.39 is 0 Å². The van der Waals surface area contributed by atoms with Crippen molar-refractivity contribution in [3.05, 3.63) is 96.1 Å². The minimum Gasteiger partial charge on any atom is -0.392 e. The number of aldehydes is 1. The molecule has 0 heterocycles. The van der Waals surface area contributed by atoms with Crippen molar-refractivity contribution in [1.82, 2.24) is 0 Å². The highest BCUT2D eigenvalue weighted by Crippen LogP contribution is 2.00. The number of aliphatic hydroxyl groups excluding tert-OH is 1. The fourth-order valence-electron chi connectivity index (χ4n) is 1.89. The van der Waals surface area contributed by atoms with E-state index >= 15 is 0 Å². The fraction of sp³-hybridized carbons (Fsp3) is 0.227. The van der Waals surface area contributed by atoms with Crippen LogP contribution in [0.4, 0.5) is 0 Å². The van der Waals surface area contributed by atoms with Crippen LogP contribution in [0.1, 0.15) is 11.1 Å². The maximum absolute atomic E-state index is 9.90. The predicted molar refractivity (Wildman–Crippen MR) is 104 cm³/mol. The Hall–Kier alpha value is -2.53. The van der Waals surface area contributed by atoms with E-state index in [4.69, 9.17) is 14.6 Å². The molecule has 2 aromatic rings. The first-order valence-electron chi connectivity index (χ1n) is 8.46. The van der Waals surface area contributed by atoms with Crippen LogP contribution in [0.3, 0.4) is 0 Å². The normalized spacial score (nSPS) is 10.7. The van der Waals surface area contributed by atoms with Gasteiger partial charge in [-0.05, 0) is 17.2 Å². The molecule has 4 heteroatoms. The van der Waals surface area contributed by atoms with Crippen LogP contribution in [0.2, 0.25) is 0 Å². The van der Waals surface area contributed by atoms with Crippen molar-refractivity contribution in [3.63, 3.8) is 0 Å². The SMILES string of the molecule is O=C/C=C\COCc1ccccc1.OC/C=C\COCc1ccccc1. The van der Waals surface area contributed by atoms with E-state index in [1.54, 1.807) is 12.2 Å². The molecule has 138 valence electrons. The molecule has 0 saturated carbocycles. The molecule has 0 radical (unpaired) electrons. The van der Waals surface area contributed by atoms with Gasteiger partial charge in [0.2, 0.25) is 0 Å². The zero-order chi connectivity index (χ0) is 18.7. The number of hydrogen-bond donors (Lipinski definition) is 1. The van der Waals surface area contributed by atoms with Crippen molar-refractivity contribution in [2.45, 2.75) is 13.2 Å². The summed E-state index contributed by atoms with van der Waals surface area (Å²) in [6.45, 7) is 2.32. The molecule has 0 amide bonds. The quantitative estimate of drug-likeness (QED) is 0.306. The molecule has 4 nitrogen and oxygen atoms in total. The van der Waals surface area contributed by atoms with Crippen LogP contribution in [0.25, 0.3) is 0 Å². The molecule has 0 aromatic heterocycles. The van der Waals surface area contributed by atoms with E-state index in [9.17, 15) is 4.79 Å². The second kappa shape index (κ2) is 16.0. The summed E-state index contributed by atoms with van der Waals surface area (Å²) in [5.41, 5.74) is 2.31. The minimum absolute atomic E-state index is 0.0781. The minimum atomic E-state index is 0.0781. The van der Waals surface area contributed by atoms with Gasteiger partial charge in [-0.1, -0.05) is 78.9 Å². The molecule has 0 bridgehead atoms. The number of carbonyl (C=O) groups is 1. The van der Waals surface area contributed by atoms with Gasteiger partial charge in [0, 0.05) is 0 Å². The molecule has 0 atom stereocenters. The second-order valence-electron chi connectivity index (χ2n) is 5.22. The Balaban J connectivity index is 0.000000260. The van der Waals surface area contributed by atoms with Gasteiger partial charge in [0.25, 0.3) is 0 Å². The van der Waals surface area contributed by atoms with Crippen molar-refractivity contribution in [1.29, 1.82) is 0 Å². The van der Waals surface area contributed by atoms with Gasteiger partial charge in [-0.2, -0.15) is 0 Å². The zero-order valence-electron chi connectivity index (χ0n) is 14.9. The Morgan fingerprint density at radius 3 is 1.69 bits per heavy atom. The average molecular weight is 354 g/mol. The van der Waals surface area contributed by atoms with Crippen LogP contribution >= 0.6 is 0 Å². The maximum atomic E-state index is 9.90. The highest BCUT2D eigenvalue weighted by molar-refractivity contribution is 5.64. The van der Waals surface area contributed by atoms with Gasteiger partial charge in [-0.3, -0.25) is 4.79 Å². The van der Waals surface area contributed by atoms with Gasteiger partial charge in [0.15, 0.2) is 0 Å². The van der Waals surface area contributed by atoms with E-state index in [1.807, 2.05) is 66.7 Å². The van der Waals surface area contributed by atoms with Crippen LogP contribution in [0.5, 0.6) is 0 Å². The highest BCUT2D eigenvalue weighted by Gasteiger charge is 1.89. The van der Waals surface area contributed by atoms with Crippen molar-refractivity contribution in [3.8, 4) is 0 Å². The molecule has 0 spiro atoms. The summed E-state index contributed by atoms with van der Waals surface area (Å²) in [7, 11) is 0. The first kappa shape index (κ1) is 21.5. The molecular formula is C22H26O4. The molecule has 0 aliphatic heterocycles. The number of aliphatic hydroxyl groups is 1. The highest BCUT2D eigenvalue weighted by atomic mass is 16.5. The monoisotopic (exact) mass is 354 g/mol. The molecule has 0 fully saturated rings. The van der Waals surface area contributed by atoms with Crippen molar-refractivity contribution in [2.24, 2.45) is 0 Å². The first-order valence-corrected chi connectivity index (χ1v) is 8.46. The third kappa shape index (κ3) is 11.9. The molecule has 0 aliphatic rings. The van der Waals surface area contributed by atoms with Gasteiger partial charge < -0.3 is 14.6 Å². The second-order valence-corrected chi connectivity index (χ2v) is 5.22. The van der Waals surface area contributed by atoms with Crippen LogP contribution in [0.15, 0.2) is 85.0 Å². The van der Waals surface area contributed by atoms with E-state index in [-0.39, 0.29) is 6.61 Å². The molecule has 0 unspecified atom stereocenters. The summed E-state index contributed by atoms with van der Waals surface area (Å²) < 4.78 is 10.6. The summed E-state index contributed by atoms with van der Waals surface area (Å²) >= 11 is 0. The number of allylic oxidation sites excluding steroid dienone is 1. The van der Waals surface area contributed by atoms with Crippen molar-refractivity contribution in [2.75, 3.05) is 19.8 Å². The molecule has 0 aliphatic carbocycles. The largest absolute Gasteiger partial charge is 0.392 e. The van der Waals surface area contributed by atoms with Crippen molar-refractivity contribution < 1.29 is 19.4 Å². The molecule has 1 N–H and O–H groups in total. The Morgan fingerprint density at radius 1 is 0.731 bits per heavy atom. The first-order chi connectivity index (χ1) is 12.9. The van der Waals surface area contributed by atoms with Crippen molar-refractivity contribution >= 4 is 6.29 Å². The van der Waals surface area contributed by atoms with E-state index in [1.165, 1.54) is 11.6 Å². The van der Waals surface area contributed by atoms with Crippen LogP contribution in [-0.2, 0) is 27.5 Å². The standard InChI is InChI=1S/C11H14O2.C11H12O2/c2*12-8-4-5-9-13-10-11-6-2-1-3-7-11/h1-7,12H,8-10H2;1-8H,9-10H2/b2*5-4-. The fourth-order valence-corrected chi connectivity index (χ4v) is 1.89. The third-order valence-electron chi connectivity index (χ3n) is 3.14. The summed E-state index contributed by atoms with van der Waals surface area (Å²) in [6, 6.07) is 19.9. The lowest BCUT2D eigenvalue weighted by Gasteiger charge is -2.00. The lowest BCUT2D eigenvalue weighted by Crippen LogP contribution is -1.92. The number of rotatable bonds is 10. The van der Waals surface area contributed by atoms with Crippen LogP contribution < -0.4 is 0 Å². The van der Waals surface area contributed by atoms with Gasteiger partial charge >= 0.3 is 0 Å². The molecule has 26 heavy (non-hydrogen) atoms. The van der Waals surface area contributed by atoms with Gasteiger partial charge in [0.05, 0.1) is 33.0 Å². The predicted octanol–water partition coefficient (Wildman–Crippen LogP) is 3.71. The molecule has 2 rings (SSSR count). The topological polar surface area (TPSA) is 55.8 Å². The summed E-state index contributed by atoms with van der Waals surface area (Å²) in [4.78, 5) is 9.90. The molecule has 2 aromatic carbocycles. The average Bonchev–Trinajstić information content (AvgIpc) is 2.70. The van der Waals surface area contributed by atoms with Gasteiger partial charge in [0.1, 0.15) is 6.29 Å². The van der Waals surface area contributed by atoms with Gasteiger partial charge in [-0.25, -0.2) is 0 Å². The Bertz CT molecular complexity index is 621. The smallest absolute Gasteiger partial charge is 0.142 e. The van der Waals surface area contributed by atoms with Gasteiger partial charge in [-0.15, -0.1) is 0 Å². The zero-order valence-corrected chi connectivity index (χ0v) is 14.9. The number of carbonyl (C=O) groups excluding carboxylic acids is 1. The lowest BCUT2D eigenvalue weighted by atomic mass is 10.2. The van der Waals surface area contributed by atoms with Crippen LogP contribution in [0, 0.1) is 0 Å². The Kier molecular flexibility index (Phi) is 13.2. The van der Waals surface area contributed by atoms with E-state index in [0.717, 1.165) is 11.8 Å². The maximum Gasteiger partial charge on any atom is 0.142 e. The number of hydrogen-bond acceptors (Lipinski definition) is 4. The molecule has 0 saturated heterocycles. The summed E-state index contributed by atoms with van der Waals surface area (Å²) in [6.07, 6.45) is 7.35. The third-order valence-corrected chi connectivity index (χ3v) is 3.14. The van der Waals surface area contributed by atoms with E-state index in [0.29, 0.717) is 26.4 Å². The number of ether oxygens (including phenoxy) is 2. The van der Waals surface area contributed by atoms with Crippen LogP contribution in [-0.4, -0.2) is 31.2 Å². The van der Waals surface area contributed by atoms with E-state index in [2.05, 4.69) is 0 Å². The Morgan fingerprint density at radius 2 is 1.23 bits per heavy atom. The summed E-state index contributed by atoms with van der Waals surface area (Å²) in [5, 5.41) is 8.44.